The maximum absolute atomic E-state index is 12.3. The van der Waals surface area contributed by atoms with E-state index in [4.69, 9.17) is 0 Å². The van der Waals surface area contributed by atoms with E-state index in [1.165, 1.54) is 0 Å². The molecule has 116 valence electrons. The average molecular weight is 310 g/mol. The minimum Gasteiger partial charge on any atom is -0.337 e. The Bertz CT molecular complexity index is 596. The SMILES string of the molecule is CCS(=O)(=O)c1ccc(CC(=O)N2CCNC[C@@H]2C)cc1. The summed E-state index contributed by atoms with van der Waals surface area (Å²) in [7, 11) is -3.18. The molecule has 0 spiro atoms. The molecule has 2 rings (SSSR count). The van der Waals surface area contributed by atoms with Crippen molar-refractivity contribution in [1.29, 1.82) is 0 Å². The van der Waals surface area contributed by atoms with Crippen molar-refractivity contribution < 1.29 is 13.2 Å². The number of carbonyl (C=O) groups is 1. The van der Waals surface area contributed by atoms with Crippen LogP contribution in [0, 0.1) is 0 Å². The van der Waals surface area contributed by atoms with Crippen LogP contribution in [0.4, 0.5) is 0 Å². The van der Waals surface area contributed by atoms with E-state index in [1.54, 1.807) is 31.2 Å². The molecule has 1 N–H and O–H groups in total. The van der Waals surface area contributed by atoms with Gasteiger partial charge < -0.3 is 10.2 Å². The zero-order chi connectivity index (χ0) is 15.5. The summed E-state index contributed by atoms with van der Waals surface area (Å²) in [6.07, 6.45) is 0.316. The van der Waals surface area contributed by atoms with Crippen LogP contribution in [0.25, 0.3) is 0 Å². The Hall–Kier alpha value is -1.40. The lowest BCUT2D eigenvalue weighted by Crippen LogP contribution is -2.52. The highest BCUT2D eigenvalue weighted by Gasteiger charge is 2.22. The number of rotatable bonds is 4. The van der Waals surface area contributed by atoms with Gasteiger partial charge in [0.2, 0.25) is 5.91 Å². The number of carbonyl (C=O) groups excluding carboxylic acids is 1. The maximum Gasteiger partial charge on any atom is 0.227 e. The fourth-order valence-corrected chi connectivity index (χ4v) is 3.35. The highest BCUT2D eigenvalue weighted by molar-refractivity contribution is 7.91. The van der Waals surface area contributed by atoms with Crippen molar-refractivity contribution in [3.05, 3.63) is 29.8 Å². The van der Waals surface area contributed by atoms with E-state index in [1.807, 2.05) is 11.8 Å². The van der Waals surface area contributed by atoms with E-state index in [2.05, 4.69) is 5.32 Å². The van der Waals surface area contributed by atoms with E-state index in [-0.39, 0.29) is 17.7 Å². The molecule has 0 aromatic heterocycles. The van der Waals surface area contributed by atoms with Crippen molar-refractivity contribution in [2.75, 3.05) is 25.4 Å². The van der Waals surface area contributed by atoms with Crippen LogP contribution in [0.2, 0.25) is 0 Å². The second-order valence-electron chi connectivity index (χ2n) is 5.36. The number of nitrogens with zero attached hydrogens (tertiary/aromatic N) is 1. The first-order valence-electron chi connectivity index (χ1n) is 7.26. The summed E-state index contributed by atoms with van der Waals surface area (Å²) in [5.41, 5.74) is 0.848. The Balaban J connectivity index is 2.05. The molecule has 1 aliphatic heterocycles. The second kappa shape index (κ2) is 6.58. The van der Waals surface area contributed by atoms with Gasteiger partial charge in [-0.2, -0.15) is 0 Å². The standard InChI is InChI=1S/C15H22N2O3S/c1-3-21(19,20)14-6-4-13(5-7-14)10-15(18)17-9-8-16-11-12(17)2/h4-7,12,16H,3,8-11H2,1-2H3/t12-/m0/s1. The molecule has 0 aliphatic carbocycles. The van der Waals surface area contributed by atoms with Crippen molar-refractivity contribution in [3.8, 4) is 0 Å². The molecule has 1 fully saturated rings. The van der Waals surface area contributed by atoms with Crippen LogP contribution in [-0.4, -0.2) is 50.7 Å². The van der Waals surface area contributed by atoms with E-state index >= 15 is 0 Å². The van der Waals surface area contributed by atoms with Crippen LogP contribution >= 0.6 is 0 Å². The van der Waals surface area contributed by atoms with E-state index in [0.717, 1.165) is 25.2 Å². The molecule has 0 radical (unpaired) electrons. The third kappa shape index (κ3) is 3.83. The lowest BCUT2D eigenvalue weighted by Gasteiger charge is -2.34. The molecule has 1 saturated heterocycles. The van der Waals surface area contributed by atoms with Gasteiger partial charge in [-0.1, -0.05) is 19.1 Å². The number of benzene rings is 1. The monoisotopic (exact) mass is 310 g/mol. The molecule has 0 unspecified atom stereocenters. The van der Waals surface area contributed by atoms with Crippen LogP contribution in [0.1, 0.15) is 19.4 Å². The minimum absolute atomic E-state index is 0.0869. The smallest absolute Gasteiger partial charge is 0.227 e. The number of hydrogen-bond donors (Lipinski definition) is 1. The molecule has 0 bridgehead atoms. The van der Waals surface area contributed by atoms with E-state index in [0.29, 0.717) is 11.3 Å². The van der Waals surface area contributed by atoms with Crippen LogP contribution < -0.4 is 5.32 Å². The molecule has 1 atom stereocenters. The molecule has 21 heavy (non-hydrogen) atoms. The van der Waals surface area contributed by atoms with Gasteiger partial charge in [0.1, 0.15) is 0 Å². The Morgan fingerprint density at radius 2 is 2.00 bits per heavy atom. The molecule has 1 aliphatic rings. The van der Waals surface area contributed by atoms with Crippen molar-refractivity contribution in [3.63, 3.8) is 0 Å². The second-order valence-corrected chi connectivity index (χ2v) is 7.64. The van der Waals surface area contributed by atoms with E-state index < -0.39 is 9.84 Å². The predicted molar refractivity (Wildman–Crippen MR) is 81.9 cm³/mol. The van der Waals surface area contributed by atoms with Crippen LogP contribution in [0.15, 0.2) is 29.2 Å². The number of hydrogen-bond acceptors (Lipinski definition) is 4. The van der Waals surface area contributed by atoms with Crippen molar-refractivity contribution >= 4 is 15.7 Å². The van der Waals surface area contributed by atoms with Gasteiger partial charge in [-0.25, -0.2) is 8.42 Å². The number of piperazine rings is 1. The van der Waals surface area contributed by atoms with Gasteiger partial charge in [0.05, 0.1) is 17.1 Å². The van der Waals surface area contributed by atoms with Gasteiger partial charge in [0.15, 0.2) is 9.84 Å². The van der Waals surface area contributed by atoms with Crippen molar-refractivity contribution in [2.24, 2.45) is 0 Å². The Labute approximate surface area is 126 Å². The molecular formula is C15H22N2O3S. The lowest BCUT2D eigenvalue weighted by molar-refractivity contribution is -0.133. The molecule has 1 aromatic carbocycles. The summed E-state index contributed by atoms with van der Waals surface area (Å²) >= 11 is 0. The third-order valence-electron chi connectivity index (χ3n) is 3.84. The first-order chi connectivity index (χ1) is 9.94. The van der Waals surface area contributed by atoms with Crippen LogP contribution in [0.5, 0.6) is 0 Å². The molecule has 5 nitrogen and oxygen atoms in total. The van der Waals surface area contributed by atoms with Crippen LogP contribution in [0.3, 0.4) is 0 Å². The zero-order valence-corrected chi connectivity index (χ0v) is 13.3. The normalized spacial score (nSPS) is 19.5. The van der Waals surface area contributed by atoms with Crippen molar-refractivity contribution in [2.45, 2.75) is 31.2 Å². The van der Waals surface area contributed by atoms with Gasteiger partial charge in [-0.15, -0.1) is 0 Å². The van der Waals surface area contributed by atoms with Gasteiger partial charge >= 0.3 is 0 Å². The molecule has 1 amide bonds. The summed E-state index contributed by atoms with van der Waals surface area (Å²) in [6.45, 7) is 6.02. The Kier molecular flexibility index (Phi) is 5.00. The topological polar surface area (TPSA) is 66.5 Å². The van der Waals surface area contributed by atoms with Crippen molar-refractivity contribution in [1.82, 2.24) is 10.2 Å². The highest BCUT2D eigenvalue weighted by Crippen LogP contribution is 2.14. The largest absolute Gasteiger partial charge is 0.337 e. The predicted octanol–water partition coefficient (Wildman–Crippen LogP) is 0.843. The molecule has 1 aromatic rings. The summed E-state index contributed by atoms with van der Waals surface area (Å²) in [5, 5.41) is 3.25. The minimum atomic E-state index is -3.18. The summed E-state index contributed by atoms with van der Waals surface area (Å²) in [4.78, 5) is 14.5. The number of amides is 1. The molecule has 0 saturated carbocycles. The number of nitrogens with one attached hydrogen (secondary N) is 1. The quantitative estimate of drug-likeness (QED) is 0.895. The Morgan fingerprint density at radius 1 is 1.33 bits per heavy atom. The van der Waals surface area contributed by atoms with Gasteiger partial charge in [-0.3, -0.25) is 4.79 Å². The fourth-order valence-electron chi connectivity index (χ4n) is 2.47. The average Bonchev–Trinajstić information content (AvgIpc) is 2.48. The van der Waals surface area contributed by atoms with Gasteiger partial charge in [0.25, 0.3) is 0 Å². The first kappa shape index (κ1) is 16.0. The molecular weight excluding hydrogens is 288 g/mol. The zero-order valence-electron chi connectivity index (χ0n) is 12.5. The van der Waals surface area contributed by atoms with E-state index in [9.17, 15) is 13.2 Å². The lowest BCUT2D eigenvalue weighted by atomic mass is 10.1. The van der Waals surface area contributed by atoms with Crippen LogP contribution in [-0.2, 0) is 21.1 Å². The summed E-state index contributed by atoms with van der Waals surface area (Å²) in [5.74, 6) is 0.180. The fraction of sp³-hybridized carbons (Fsp3) is 0.533. The molecule has 6 heteroatoms. The Morgan fingerprint density at radius 3 is 2.57 bits per heavy atom. The molecule has 1 heterocycles. The van der Waals surface area contributed by atoms with Gasteiger partial charge in [-0.05, 0) is 24.6 Å². The third-order valence-corrected chi connectivity index (χ3v) is 5.59. The summed E-state index contributed by atoms with van der Waals surface area (Å²) < 4.78 is 23.5. The van der Waals surface area contributed by atoms with Gasteiger partial charge in [0, 0.05) is 25.7 Å². The number of sulfone groups is 1. The summed E-state index contributed by atoms with van der Waals surface area (Å²) in [6, 6.07) is 6.83. The first-order valence-corrected chi connectivity index (χ1v) is 8.91. The highest BCUT2D eigenvalue weighted by atomic mass is 32.2. The maximum atomic E-state index is 12.3.